The minimum absolute atomic E-state index is 0.103. The fourth-order valence-corrected chi connectivity index (χ4v) is 2.27. The van der Waals surface area contributed by atoms with E-state index >= 15 is 0 Å². The van der Waals surface area contributed by atoms with E-state index < -0.39 is 0 Å². The van der Waals surface area contributed by atoms with Crippen LogP contribution >= 0.6 is 0 Å². The van der Waals surface area contributed by atoms with Gasteiger partial charge in [-0.05, 0) is 46.6 Å². The quantitative estimate of drug-likeness (QED) is 0.714. The lowest BCUT2D eigenvalue weighted by Gasteiger charge is -2.38. The monoisotopic (exact) mass is 255 g/mol. The fourth-order valence-electron chi connectivity index (χ4n) is 2.27. The number of nitrogens with two attached hydrogens (primary N) is 1. The van der Waals surface area contributed by atoms with Gasteiger partial charge in [0, 0.05) is 24.7 Å². The molecule has 0 unspecified atom stereocenters. The molecule has 0 spiro atoms. The van der Waals surface area contributed by atoms with Crippen LogP contribution in [0.2, 0.25) is 0 Å². The molecule has 0 atom stereocenters. The van der Waals surface area contributed by atoms with Crippen LogP contribution in [0.5, 0.6) is 0 Å². The number of nitrogens with zero attached hydrogens (tertiary/aromatic N) is 2. The molecule has 1 saturated carbocycles. The van der Waals surface area contributed by atoms with Gasteiger partial charge >= 0.3 is 0 Å². The van der Waals surface area contributed by atoms with Gasteiger partial charge in [-0.3, -0.25) is 9.69 Å². The summed E-state index contributed by atoms with van der Waals surface area (Å²) in [6.45, 7) is 11.3. The molecule has 0 aliphatic heterocycles. The van der Waals surface area contributed by atoms with Crippen molar-refractivity contribution in [2.24, 2.45) is 5.73 Å². The van der Waals surface area contributed by atoms with Gasteiger partial charge in [0.1, 0.15) is 0 Å². The molecule has 0 saturated heterocycles. The molecule has 18 heavy (non-hydrogen) atoms. The second kappa shape index (κ2) is 6.53. The summed E-state index contributed by atoms with van der Waals surface area (Å²) in [4.78, 5) is 16.6. The SMILES string of the molecule is CCCN(CC(=O)N(CC)C1CC1)C(C)(C)CN. The smallest absolute Gasteiger partial charge is 0.237 e. The number of rotatable bonds is 8. The molecule has 0 heterocycles. The van der Waals surface area contributed by atoms with Gasteiger partial charge in [-0.2, -0.15) is 0 Å². The Balaban J connectivity index is 2.61. The topological polar surface area (TPSA) is 49.6 Å². The van der Waals surface area contributed by atoms with E-state index in [1.807, 2.05) is 4.90 Å². The van der Waals surface area contributed by atoms with Gasteiger partial charge < -0.3 is 10.6 Å². The predicted octanol–water partition coefficient (Wildman–Crippen LogP) is 1.45. The van der Waals surface area contributed by atoms with Crippen LogP contribution in [-0.2, 0) is 4.79 Å². The van der Waals surface area contributed by atoms with Crippen LogP contribution in [0.4, 0.5) is 0 Å². The van der Waals surface area contributed by atoms with E-state index in [4.69, 9.17) is 5.73 Å². The zero-order valence-electron chi connectivity index (χ0n) is 12.4. The molecule has 0 aromatic heterocycles. The van der Waals surface area contributed by atoms with Crippen LogP contribution in [-0.4, -0.2) is 53.5 Å². The van der Waals surface area contributed by atoms with E-state index in [2.05, 4.69) is 32.6 Å². The van der Waals surface area contributed by atoms with Gasteiger partial charge in [0.15, 0.2) is 0 Å². The Kier molecular flexibility index (Phi) is 5.60. The van der Waals surface area contributed by atoms with E-state index in [1.165, 1.54) is 12.8 Å². The first-order chi connectivity index (χ1) is 8.46. The van der Waals surface area contributed by atoms with Gasteiger partial charge in [0.25, 0.3) is 0 Å². The number of hydrogen-bond donors (Lipinski definition) is 1. The van der Waals surface area contributed by atoms with Gasteiger partial charge in [-0.1, -0.05) is 6.92 Å². The molecule has 4 nitrogen and oxygen atoms in total. The lowest BCUT2D eigenvalue weighted by Crippen LogP contribution is -2.53. The van der Waals surface area contributed by atoms with Crippen molar-refractivity contribution in [3.8, 4) is 0 Å². The molecule has 106 valence electrons. The standard InChI is InChI=1S/C14H29N3O/c1-5-9-16(14(3,4)11-15)10-13(18)17(6-2)12-7-8-12/h12H,5-11,15H2,1-4H3. The van der Waals surface area contributed by atoms with E-state index in [0.29, 0.717) is 19.1 Å². The van der Waals surface area contributed by atoms with Crippen molar-refractivity contribution in [3.05, 3.63) is 0 Å². The molecule has 0 radical (unpaired) electrons. The Bertz CT molecular complexity index is 274. The van der Waals surface area contributed by atoms with Crippen LogP contribution in [0.1, 0.15) is 47.0 Å². The highest BCUT2D eigenvalue weighted by Gasteiger charge is 2.34. The van der Waals surface area contributed by atoms with Crippen molar-refractivity contribution >= 4 is 5.91 Å². The van der Waals surface area contributed by atoms with Crippen LogP contribution in [0.25, 0.3) is 0 Å². The van der Waals surface area contributed by atoms with Gasteiger partial charge in [0.05, 0.1) is 6.54 Å². The summed E-state index contributed by atoms with van der Waals surface area (Å²) in [7, 11) is 0. The van der Waals surface area contributed by atoms with Crippen LogP contribution in [0, 0.1) is 0 Å². The maximum atomic E-state index is 12.3. The van der Waals surface area contributed by atoms with Crippen molar-refractivity contribution in [1.82, 2.24) is 9.80 Å². The Hall–Kier alpha value is -0.610. The molecule has 1 aliphatic rings. The molecule has 4 heteroatoms. The summed E-state index contributed by atoms with van der Waals surface area (Å²) in [5, 5.41) is 0. The molecular weight excluding hydrogens is 226 g/mol. The number of amides is 1. The van der Waals surface area contributed by atoms with Crippen LogP contribution in [0.15, 0.2) is 0 Å². The van der Waals surface area contributed by atoms with Gasteiger partial charge in [0.2, 0.25) is 5.91 Å². The first-order valence-electron chi connectivity index (χ1n) is 7.20. The first-order valence-corrected chi connectivity index (χ1v) is 7.20. The molecule has 0 bridgehead atoms. The Labute approximate surface area is 111 Å². The fraction of sp³-hybridized carbons (Fsp3) is 0.929. The average molecular weight is 255 g/mol. The Morgan fingerprint density at radius 3 is 2.33 bits per heavy atom. The highest BCUT2D eigenvalue weighted by atomic mass is 16.2. The van der Waals surface area contributed by atoms with E-state index in [0.717, 1.165) is 19.5 Å². The zero-order chi connectivity index (χ0) is 13.8. The molecule has 1 amide bonds. The van der Waals surface area contributed by atoms with Crippen molar-refractivity contribution in [2.45, 2.75) is 58.5 Å². The molecule has 1 fully saturated rings. The zero-order valence-corrected chi connectivity index (χ0v) is 12.4. The lowest BCUT2D eigenvalue weighted by molar-refractivity contribution is -0.134. The number of hydrogen-bond acceptors (Lipinski definition) is 3. The number of carbonyl (C=O) groups excluding carboxylic acids is 1. The minimum atomic E-state index is -0.103. The number of likely N-dealkylation sites (N-methyl/N-ethyl adjacent to an activating group) is 1. The van der Waals surface area contributed by atoms with E-state index in [9.17, 15) is 4.79 Å². The van der Waals surface area contributed by atoms with E-state index in [-0.39, 0.29) is 11.4 Å². The van der Waals surface area contributed by atoms with Crippen molar-refractivity contribution < 1.29 is 4.79 Å². The molecule has 0 aromatic carbocycles. The Morgan fingerprint density at radius 2 is 1.94 bits per heavy atom. The maximum Gasteiger partial charge on any atom is 0.237 e. The Morgan fingerprint density at radius 1 is 1.33 bits per heavy atom. The van der Waals surface area contributed by atoms with Crippen molar-refractivity contribution in [2.75, 3.05) is 26.2 Å². The van der Waals surface area contributed by atoms with Gasteiger partial charge in [-0.25, -0.2) is 0 Å². The minimum Gasteiger partial charge on any atom is -0.339 e. The van der Waals surface area contributed by atoms with Gasteiger partial charge in [-0.15, -0.1) is 0 Å². The van der Waals surface area contributed by atoms with Crippen molar-refractivity contribution in [1.29, 1.82) is 0 Å². The van der Waals surface area contributed by atoms with Crippen LogP contribution < -0.4 is 5.73 Å². The summed E-state index contributed by atoms with van der Waals surface area (Å²) in [6.07, 6.45) is 3.40. The summed E-state index contributed by atoms with van der Waals surface area (Å²) in [5.74, 6) is 0.259. The lowest BCUT2D eigenvalue weighted by atomic mass is 10.0. The molecule has 2 N–H and O–H groups in total. The first kappa shape index (κ1) is 15.4. The summed E-state index contributed by atoms with van der Waals surface area (Å²) in [5.41, 5.74) is 5.72. The summed E-state index contributed by atoms with van der Waals surface area (Å²) >= 11 is 0. The van der Waals surface area contributed by atoms with Crippen LogP contribution in [0.3, 0.4) is 0 Å². The number of carbonyl (C=O) groups is 1. The second-order valence-corrected chi connectivity index (χ2v) is 5.85. The molecule has 1 aliphatic carbocycles. The second-order valence-electron chi connectivity index (χ2n) is 5.85. The predicted molar refractivity (Wildman–Crippen MR) is 75.4 cm³/mol. The van der Waals surface area contributed by atoms with E-state index in [1.54, 1.807) is 0 Å². The summed E-state index contributed by atoms with van der Waals surface area (Å²) in [6, 6.07) is 0.506. The summed E-state index contributed by atoms with van der Waals surface area (Å²) < 4.78 is 0. The maximum absolute atomic E-state index is 12.3. The molecular formula is C14H29N3O. The third kappa shape index (κ3) is 3.95. The average Bonchev–Trinajstić information content (AvgIpc) is 3.14. The largest absolute Gasteiger partial charge is 0.339 e. The normalized spacial score (nSPS) is 16.1. The highest BCUT2D eigenvalue weighted by molar-refractivity contribution is 5.79. The third-order valence-electron chi connectivity index (χ3n) is 3.82. The molecule has 0 aromatic rings. The van der Waals surface area contributed by atoms with Crippen molar-refractivity contribution in [3.63, 3.8) is 0 Å². The third-order valence-corrected chi connectivity index (χ3v) is 3.82. The molecule has 1 rings (SSSR count). The highest BCUT2D eigenvalue weighted by Crippen LogP contribution is 2.27.